The van der Waals surface area contributed by atoms with Crippen LogP contribution < -0.4 is 5.56 Å². The molecule has 0 aliphatic carbocycles. The number of fused-ring (bicyclic) bond motifs is 1. The first-order valence-corrected chi connectivity index (χ1v) is 10.4. The Morgan fingerprint density at radius 2 is 2.08 bits per heavy atom. The second-order valence-electron chi connectivity index (χ2n) is 7.25. The largest absolute Gasteiger partial charge is 0.381 e. The molecule has 3 unspecified atom stereocenters. The molecular weight excluding hydrogens is 350 g/mol. The Labute approximate surface area is 157 Å². The first kappa shape index (κ1) is 17.9. The van der Waals surface area contributed by atoms with Gasteiger partial charge < -0.3 is 9.47 Å². The highest BCUT2D eigenvalue weighted by molar-refractivity contribution is 7.98. The lowest BCUT2D eigenvalue weighted by atomic mass is 9.86. The maximum Gasteiger partial charge on any atom is 0.261 e. The molecule has 2 fully saturated rings. The molecule has 0 spiro atoms. The van der Waals surface area contributed by atoms with Crippen molar-refractivity contribution in [2.45, 2.75) is 50.2 Å². The van der Waals surface area contributed by atoms with Crippen LogP contribution in [0.25, 0.3) is 5.65 Å². The highest BCUT2D eigenvalue weighted by Crippen LogP contribution is 2.35. The minimum atomic E-state index is -0.000692. The Hall–Kier alpha value is -1.44. The van der Waals surface area contributed by atoms with E-state index in [0.717, 1.165) is 55.5 Å². The van der Waals surface area contributed by atoms with Gasteiger partial charge in [-0.15, -0.1) is 11.8 Å². The summed E-state index contributed by atoms with van der Waals surface area (Å²) in [7, 11) is 0. The van der Waals surface area contributed by atoms with Gasteiger partial charge >= 0.3 is 0 Å². The Morgan fingerprint density at radius 1 is 1.23 bits per heavy atom. The van der Waals surface area contributed by atoms with Gasteiger partial charge in [0, 0.05) is 42.5 Å². The number of rotatable bonds is 3. The molecule has 2 saturated heterocycles. The van der Waals surface area contributed by atoms with E-state index in [2.05, 4.69) is 4.98 Å². The fourth-order valence-corrected chi connectivity index (χ4v) is 4.46. The average Bonchev–Trinajstić information content (AvgIpc) is 3.20. The van der Waals surface area contributed by atoms with Gasteiger partial charge in [-0.2, -0.15) is 0 Å². The maximum atomic E-state index is 12.8. The van der Waals surface area contributed by atoms with E-state index in [1.807, 2.05) is 26.3 Å². The normalized spacial score (nSPS) is 26.5. The van der Waals surface area contributed by atoms with Gasteiger partial charge in [-0.3, -0.25) is 9.20 Å². The van der Waals surface area contributed by atoms with Gasteiger partial charge in [0.25, 0.3) is 5.56 Å². The Bertz CT molecular complexity index is 876. The summed E-state index contributed by atoms with van der Waals surface area (Å²) in [6.07, 6.45) is 7.05. The third-order valence-electron chi connectivity index (χ3n) is 5.68. The highest BCUT2D eigenvalue weighted by Gasteiger charge is 2.33. The lowest BCUT2D eigenvalue weighted by molar-refractivity contribution is -0.0311. The van der Waals surface area contributed by atoms with Gasteiger partial charge in [-0.25, -0.2) is 9.97 Å². The van der Waals surface area contributed by atoms with Gasteiger partial charge in [-0.05, 0) is 39.4 Å². The first-order chi connectivity index (χ1) is 12.6. The third kappa shape index (κ3) is 3.17. The second-order valence-corrected chi connectivity index (χ2v) is 8.05. The Balaban J connectivity index is 1.73. The summed E-state index contributed by atoms with van der Waals surface area (Å²) >= 11 is 1.54. The molecule has 26 heavy (non-hydrogen) atoms. The van der Waals surface area contributed by atoms with Crippen LogP contribution in [0.15, 0.2) is 16.0 Å². The molecule has 2 aromatic rings. The van der Waals surface area contributed by atoms with Crippen LogP contribution in [0.3, 0.4) is 0 Å². The van der Waals surface area contributed by atoms with E-state index in [1.165, 1.54) is 0 Å². The molecule has 0 saturated carbocycles. The van der Waals surface area contributed by atoms with Crippen molar-refractivity contribution in [2.24, 2.45) is 5.92 Å². The fourth-order valence-electron chi connectivity index (χ4n) is 3.93. The van der Waals surface area contributed by atoms with Crippen molar-refractivity contribution >= 4 is 17.4 Å². The number of aryl methyl sites for hydroxylation is 1. The van der Waals surface area contributed by atoms with Crippen molar-refractivity contribution in [1.29, 1.82) is 0 Å². The van der Waals surface area contributed by atoms with Crippen molar-refractivity contribution in [1.82, 2.24) is 14.4 Å². The Morgan fingerprint density at radius 3 is 2.81 bits per heavy atom. The van der Waals surface area contributed by atoms with E-state index in [9.17, 15) is 4.79 Å². The zero-order valence-electron chi connectivity index (χ0n) is 15.5. The number of nitrogens with zero attached hydrogens (tertiary/aromatic N) is 3. The maximum absolute atomic E-state index is 12.8. The molecule has 0 N–H and O–H groups in total. The summed E-state index contributed by atoms with van der Waals surface area (Å²) in [5.41, 5.74) is 3.09. The number of hydrogen-bond donors (Lipinski definition) is 0. The standard InChI is InChI=1S/C19H25N3O3S/c1-11-12(2)20-17-18(26-3)21-15(9-22(17)19(11)23)13-5-7-25-16(8-13)14-4-6-24-10-14/h9,13-14,16H,4-8,10H2,1-3H3. The fraction of sp³-hybridized carbons (Fsp3) is 0.632. The molecule has 0 amide bonds. The van der Waals surface area contributed by atoms with Gasteiger partial charge in [0.1, 0.15) is 5.03 Å². The van der Waals surface area contributed by atoms with Gasteiger partial charge in [0.15, 0.2) is 5.65 Å². The summed E-state index contributed by atoms with van der Waals surface area (Å²) in [5, 5.41) is 0.815. The minimum absolute atomic E-state index is 0.000692. The van der Waals surface area contributed by atoms with Crippen molar-refractivity contribution in [2.75, 3.05) is 26.1 Å². The average molecular weight is 375 g/mol. The van der Waals surface area contributed by atoms with E-state index in [1.54, 1.807) is 16.2 Å². The molecule has 2 aromatic heterocycles. The minimum Gasteiger partial charge on any atom is -0.381 e. The van der Waals surface area contributed by atoms with E-state index in [-0.39, 0.29) is 11.7 Å². The van der Waals surface area contributed by atoms with Crippen molar-refractivity contribution in [3.63, 3.8) is 0 Å². The lowest BCUT2D eigenvalue weighted by Crippen LogP contribution is -2.32. The summed E-state index contributed by atoms with van der Waals surface area (Å²) in [4.78, 5) is 22.2. The lowest BCUT2D eigenvalue weighted by Gasteiger charge is -2.32. The van der Waals surface area contributed by atoms with Crippen LogP contribution >= 0.6 is 11.8 Å². The predicted octanol–water partition coefficient (Wildman–Crippen LogP) is 2.73. The van der Waals surface area contributed by atoms with Crippen LogP contribution in [0.5, 0.6) is 0 Å². The molecule has 0 aromatic carbocycles. The molecule has 0 radical (unpaired) electrons. The van der Waals surface area contributed by atoms with E-state index in [0.29, 0.717) is 23.0 Å². The first-order valence-electron chi connectivity index (χ1n) is 9.22. The summed E-state index contributed by atoms with van der Waals surface area (Å²) < 4.78 is 13.2. The summed E-state index contributed by atoms with van der Waals surface area (Å²) in [6.45, 7) is 6.07. The monoisotopic (exact) mass is 375 g/mol. The third-order valence-corrected chi connectivity index (χ3v) is 6.35. The zero-order chi connectivity index (χ0) is 18.3. The van der Waals surface area contributed by atoms with Gasteiger partial charge in [0.05, 0.1) is 18.4 Å². The van der Waals surface area contributed by atoms with E-state index >= 15 is 0 Å². The smallest absolute Gasteiger partial charge is 0.261 e. The molecule has 3 atom stereocenters. The Kier molecular flexibility index (Phi) is 5.03. The highest BCUT2D eigenvalue weighted by atomic mass is 32.2. The van der Waals surface area contributed by atoms with Crippen molar-refractivity contribution in [3.8, 4) is 0 Å². The molecule has 6 nitrogen and oxygen atoms in total. The van der Waals surface area contributed by atoms with E-state index in [4.69, 9.17) is 14.5 Å². The SMILES string of the molecule is CSc1nc(C2CCOC(C3CCOC3)C2)cn2c(=O)c(C)c(C)nc12. The van der Waals surface area contributed by atoms with Crippen LogP contribution in [0.2, 0.25) is 0 Å². The number of ether oxygens (including phenoxy) is 2. The molecular formula is C19H25N3O3S. The molecule has 4 rings (SSSR count). The second kappa shape index (κ2) is 7.29. The summed E-state index contributed by atoms with van der Waals surface area (Å²) in [6, 6.07) is 0. The molecule has 4 heterocycles. The van der Waals surface area contributed by atoms with E-state index < -0.39 is 0 Å². The van der Waals surface area contributed by atoms with Crippen molar-refractivity contribution in [3.05, 3.63) is 33.5 Å². The number of aromatic nitrogens is 3. The molecule has 2 aliphatic rings. The summed E-state index contributed by atoms with van der Waals surface area (Å²) in [5.74, 6) is 0.783. The molecule has 2 aliphatic heterocycles. The molecule has 140 valence electrons. The van der Waals surface area contributed by atoms with Crippen LogP contribution in [0.4, 0.5) is 0 Å². The topological polar surface area (TPSA) is 65.7 Å². The van der Waals surface area contributed by atoms with Crippen LogP contribution in [-0.4, -0.2) is 46.5 Å². The zero-order valence-corrected chi connectivity index (χ0v) is 16.3. The van der Waals surface area contributed by atoms with Crippen LogP contribution in [0.1, 0.15) is 42.1 Å². The number of thioether (sulfide) groups is 1. The quantitative estimate of drug-likeness (QED) is 0.769. The number of hydrogen-bond acceptors (Lipinski definition) is 6. The van der Waals surface area contributed by atoms with Crippen LogP contribution in [-0.2, 0) is 9.47 Å². The van der Waals surface area contributed by atoms with Gasteiger partial charge in [-0.1, -0.05) is 0 Å². The molecule has 7 heteroatoms. The predicted molar refractivity (Wildman–Crippen MR) is 101 cm³/mol. The molecule has 0 bridgehead atoms. The van der Waals surface area contributed by atoms with Crippen LogP contribution in [0, 0.1) is 19.8 Å². The van der Waals surface area contributed by atoms with Crippen molar-refractivity contribution < 1.29 is 9.47 Å². The van der Waals surface area contributed by atoms with Gasteiger partial charge in [0.2, 0.25) is 0 Å².